The Bertz CT molecular complexity index is 706. The lowest BCUT2D eigenvalue weighted by Gasteiger charge is -2.59. The molecule has 2 heteroatoms. The summed E-state index contributed by atoms with van der Waals surface area (Å²) in [5, 5.41) is 21.5. The molecule has 32 heavy (non-hydrogen) atoms. The van der Waals surface area contributed by atoms with Gasteiger partial charge < -0.3 is 10.2 Å². The minimum absolute atomic E-state index is 0.328. The van der Waals surface area contributed by atoms with Crippen molar-refractivity contribution in [3.8, 4) is 0 Å². The van der Waals surface area contributed by atoms with E-state index in [4.69, 9.17) is 0 Å². The largest absolute Gasteiger partial charge is 0.390 e. The minimum atomic E-state index is -0.492. The fraction of sp³-hybridized carbons (Fsp3) is 0.933. The van der Waals surface area contributed by atoms with Gasteiger partial charge in [0.15, 0.2) is 0 Å². The summed E-state index contributed by atoms with van der Waals surface area (Å²) in [5.74, 6) is 4.06. The second kappa shape index (κ2) is 8.71. The van der Waals surface area contributed by atoms with Crippen molar-refractivity contribution in [2.24, 2.45) is 40.4 Å². The molecule has 0 amide bonds. The first-order valence-corrected chi connectivity index (χ1v) is 14.1. The lowest BCUT2D eigenvalue weighted by Crippen LogP contribution is -2.52. The molecule has 0 aliphatic heterocycles. The van der Waals surface area contributed by atoms with Gasteiger partial charge in [-0.15, -0.1) is 0 Å². The van der Waals surface area contributed by atoms with E-state index in [1.807, 2.05) is 6.92 Å². The highest BCUT2D eigenvalue weighted by molar-refractivity contribution is 5.26. The van der Waals surface area contributed by atoms with Gasteiger partial charge in [-0.1, -0.05) is 52.2 Å². The number of rotatable bonds is 7. The topological polar surface area (TPSA) is 40.5 Å². The zero-order chi connectivity index (χ0) is 23.4. The molecular formula is C30H52O2. The maximum absolute atomic E-state index is 10.8. The van der Waals surface area contributed by atoms with Crippen LogP contribution in [0.2, 0.25) is 0 Å². The molecular weight excluding hydrogens is 392 g/mol. The van der Waals surface area contributed by atoms with Gasteiger partial charge in [0, 0.05) is 0 Å². The first-order chi connectivity index (χ1) is 14.9. The summed E-state index contributed by atoms with van der Waals surface area (Å²) >= 11 is 0. The normalized spacial score (nSPS) is 46.4. The molecule has 4 rings (SSSR count). The Kier molecular flexibility index (Phi) is 6.74. The Morgan fingerprint density at radius 3 is 2.53 bits per heavy atom. The van der Waals surface area contributed by atoms with E-state index < -0.39 is 11.2 Å². The molecule has 0 aromatic heterocycles. The van der Waals surface area contributed by atoms with Gasteiger partial charge in [-0.25, -0.2) is 0 Å². The van der Waals surface area contributed by atoms with Crippen LogP contribution >= 0.6 is 0 Å². The summed E-state index contributed by atoms with van der Waals surface area (Å²) in [4.78, 5) is 0. The number of hydrogen-bond donors (Lipinski definition) is 2. The average Bonchev–Trinajstić information content (AvgIpc) is 3.08. The van der Waals surface area contributed by atoms with Gasteiger partial charge in [0.25, 0.3) is 0 Å². The van der Waals surface area contributed by atoms with Crippen LogP contribution in [0, 0.1) is 40.4 Å². The molecule has 0 aromatic carbocycles. The number of hydrogen-bond acceptors (Lipinski definition) is 2. The fourth-order valence-electron chi connectivity index (χ4n) is 9.20. The number of allylic oxidation sites excluding steroid dienone is 1. The Morgan fingerprint density at radius 1 is 1.06 bits per heavy atom. The third-order valence-corrected chi connectivity index (χ3v) is 11.3. The van der Waals surface area contributed by atoms with Crippen molar-refractivity contribution in [1.29, 1.82) is 0 Å². The highest BCUT2D eigenvalue weighted by Crippen LogP contribution is 2.67. The monoisotopic (exact) mass is 444 g/mol. The summed E-state index contributed by atoms with van der Waals surface area (Å²) in [7, 11) is 0. The SMILES string of the molecule is CCCCC(C)(O)CC[C@@H](C)[C@H]1CC[C@H]2C3CC=C4C[C@@](C)(O)CC[C@]4(C)[C@H]3CC[C@]12C. The molecule has 0 spiro atoms. The van der Waals surface area contributed by atoms with E-state index in [0.717, 1.165) is 55.8 Å². The summed E-state index contributed by atoms with van der Waals surface area (Å²) in [6.45, 7) is 14.0. The lowest BCUT2D eigenvalue weighted by atomic mass is 9.46. The molecule has 2 nitrogen and oxygen atoms in total. The van der Waals surface area contributed by atoms with Crippen LogP contribution in [0.25, 0.3) is 0 Å². The van der Waals surface area contributed by atoms with Gasteiger partial charge in [-0.3, -0.25) is 0 Å². The smallest absolute Gasteiger partial charge is 0.0657 e. The summed E-state index contributed by atoms with van der Waals surface area (Å²) in [6, 6.07) is 0. The number of unbranched alkanes of at least 4 members (excludes halogenated alkanes) is 1. The lowest BCUT2D eigenvalue weighted by molar-refractivity contribution is -0.0715. The van der Waals surface area contributed by atoms with Crippen LogP contribution in [0.3, 0.4) is 0 Å². The van der Waals surface area contributed by atoms with Crippen LogP contribution in [0.15, 0.2) is 11.6 Å². The van der Waals surface area contributed by atoms with Crippen LogP contribution in [-0.4, -0.2) is 21.4 Å². The van der Waals surface area contributed by atoms with E-state index in [2.05, 4.69) is 40.7 Å². The van der Waals surface area contributed by atoms with E-state index in [-0.39, 0.29) is 0 Å². The quantitative estimate of drug-likeness (QED) is 0.395. The Balaban J connectivity index is 1.45. The van der Waals surface area contributed by atoms with Crippen molar-refractivity contribution in [1.82, 2.24) is 0 Å². The molecule has 0 aromatic rings. The van der Waals surface area contributed by atoms with E-state index in [9.17, 15) is 10.2 Å². The Morgan fingerprint density at radius 2 is 1.81 bits per heavy atom. The maximum Gasteiger partial charge on any atom is 0.0657 e. The fourth-order valence-corrected chi connectivity index (χ4v) is 9.20. The first-order valence-electron chi connectivity index (χ1n) is 14.1. The van der Waals surface area contributed by atoms with Gasteiger partial charge >= 0.3 is 0 Å². The Labute approximate surface area is 198 Å². The zero-order valence-electron chi connectivity index (χ0n) is 22.1. The van der Waals surface area contributed by atoms with Gasteiger partial charge in [0.1, 0.15) is 0 Å². The molecule has 0 radical (unpaired) electrons. The van der Waals surface area contributed by atoms with Crippen molar-refractivity contribution >= 4 is 0 Å². The highest BCUT2D eigenvalue weighted by Gasteiger charge is 2.59. The third-order valence-electron chi connectivity index (χ3n) is 11.3. The van der Waals surface area contributed by atoms with Crippen LogP contribution in [0.4, 0.5) is 0 Å². The van der Waals surface area contributed by atoms with E-state index in [1.54, 1.807) is 5.57 Å². The van der Waals surface area contributed by atoms with E-state index in [0.29, 0.717) is 16.7 Å². The summed E-state index contributed by atoms with van der Waals surface area (Å²) in [5.41, 5.74) is 1.41. The number of aliphatic hydroxyl groups is 2. The maximum atomic E-state index is 10.8. The molecule has 4 aliphatic rings. The second-order valence-electron chi connectivity index (χ2n) is 13.8. The molecule has 9 atom stereocenters. The highest BCUT2D eigenvalue weighted by atomic mass is 16.3. The van der Waals surface area contributed by atoms with Gasteiger partial charge in [0.05, 0.1) is 11.2 Å². The van der Waals surface area contributed by atoms with Crippen LogP contribution in [0.5, 0.6) is 0 Å². The second-order valence-corrected chi connectivity index (χ2v) is 13.8. The van der Waals surface area contributed by atoms with Crippen molar-refractivity contribution < 1.29 is 10.2 Å². The van der Waals surface area contributed by atoms with Crippen LogP contribution < -0.4 is 0 Å². The average molecular weight is 445 g/mol. The van der Waals surface area contributed by atoms with Gasteiger partial charge in [-0.2, -0.15) is 0 Å². The van der Waals surface area contributed by atoms with Crippen molar-refractivity contribution in [3.05, 3.63) is 11.6 Å². The van der Waals surface area contributed by atoms with E-state index in [1.165, 1.54) is 51.4 Å². The van der Waals surface area contributed by atoms with Crippen molar-refractivity contribution in [2.45, 2.75) is 136 Å². The molecule has 4 aliphatic carbocycles. The van der Waals surface area contributed by atoms with Crippen molar-refractivity contribution in [3.63, 3.8) is 0 Å². The standard InChI is InChI=1S/C30H52O2/c1-7-8-15-27(3,31)16-13-21(2)24-11-12-25-23-10-9-22-20-28(4,32)18-19-29(22,5)26(23)14-17-30(24,25)6/h9,21,23-26,31-32H,7-8,10-20H2,1-6H3/t21-,23?,24-,25+,26+,27?,28+,29+,30-/m1/s1. The van der Waals surface area contributed by atoms with E-state index >= 15 is 0 Å². The van der Waals surface area contributed by atoms with Gasteiger partial charge in [-0.05, 0) is 125 Å². The minimum Gasteiger partial charge on any atom is -0.390 e. The third kappa shape index (κ3) is 4.37. The summed E-state index contributed by atoms with van der Waals surface area (Å²) < 4.78 is 0. The summed E-state index contributed by atoms with van der Waals surface area (Å²) in [6.07, 6.45) is 17.8. The molecule has 0 saturated heterocycles. The molecule has 0 heterocycles. The number of fused-ring (bicyclic) bond motifs is 5. The Hall–Kier alpha value is -0.340. The van der Waals surface area contributed by atoms with Crippen LogP contribution in [0.1, 0.15) is 125 Å². The zero-order valence-corrected chi connectivity index (χ0v) is 22.1. The molecule has 2 unspecified atom stereocenters. The predicted molar refractivity (Wildman–Crippen MR) is 134 cm³/mol. The first kappa shape index (κ1) is 24.8. The molecule has 3 saturated carbocycles. The molecule has 2 N–H and O–H groups in total. The van der Waals surface area contributed by atoms with Crippen molar-refractivity contribution in [2.75, 3.05) is 0 Å². The molecule has 184 valence electrons. The molecule has 0 bridgehead atoms. The molecule has 3 fully saturated rings. The predicted octanol–water partition coefficient (Wildman–Crippen LogP) is 7.67. The van der Waals surface area contributed by atoms with Crippen LogP contribution in [-0.2, 0) is 0 Å². The van der Waals surface area contributed by atoms with Gasteiger partial charge in [0.2, 0.25) is 0 Å².